The summed E-state index contributed by atoms with van der Waals surface area (Å²) in [5, 5.41) is 2.99. The minimum atomic E-state index is -0.550. The average Bonchev–Trinajstić information content (AvgIpc) is 2.29. The maximum absolute atomic E-state index is 11.8. The summed E-state index contributed by atoms with van der Waals surface area (Å²) in [5.74, 6) is -0.0166. The lowest BCUT2D eigenvalue weighted by Gasteiger charge is -2.32. The molecule has 1 rings (SSSR count). The van der Waals surface area contributed by atoms with Crippen molar-refractivity contribution < 1.29 is 14.3 Å². The summed E-state index contributed by atoms with van der Waals surface area (Å²) >= 11 is 3.33. The lowest BCUT2D eigenvalue weighted by atomic mass is 10.0. The predicted molar refractivity (Wildman–Crippen MR) is 72.8 cm³/mol. The first-order valence-corrected chi connectivity index (χ1v) is 7.05. The highest BCUT2D eigenvalue weighted by Crippen LogP contribution is 2.18. The van der Waals surface area contributed by atoms with E-state index in [1.165, 1.54) is 0 Å². The molecule has 5 nitrogen and oxygen atoms in total. The molecule has 104 valence electrons. The summed E-state index contributed by atoms with van der Waals surface area (Å²) in [4.78, 5) is 25.0. The SMILES string of the molecule is CCOC(=O)N1CCC(NC(=O)C(C)(C)Br)CC1. The molecule has 6 heteroatoms. The average molecular weight is 321 g/mol. The third-order valence-corrected chi connectivity index (χ3v) is 3.26. The van der Waals surface area contributed by atoms with Crippen LogP contribution in [0.25, 0.3) is 0 Å². The highest BCUT2D eigenvalue weighted by atomic mass is 79.9. The van der Waals surface area contributed by atoms with Gasteiger partial charge in [-0.25, -0.2) is 4.79 Å². The highest BCUT2D eigenvalue weighted by Gasteiger charge is 2.29. The number of nitrogens with one attached hydrogen (secondary N) is 1. The number of alkyl halides is 1. The molecule has 0 aliphatic carbocycles. The molecule has 0 atom stereocenters. The monoisotopic (exact) mass is 320 g/mol. The molecule has 0 radical (unpaired) electrons. The Morgan fingerprint density at radius 1 is 1.39 bits per heavy atom. The molecule has 0 unspecified atom stereocenters. The van der Waals surface area contributed by atoms with E-state index in [1.807, 2.05) is 13.8 Å². The first-order valence-electron chi connectivity index (χ1n) is 6.26. The molecule has 1 fully saturated rings. The van der Waals surface area contributed by atoms with Gasteiger partial charge in [-0.05, 0) is 33.6 Å². The standard InChI is InChI=1S/C12H21BrN2O3/c1-4-18-11(17)15-7-5-9(6-8-15)14-10(16)12(2,3)13/h9H,4-8H2,1-3H3,(H,14,16). The molecule has 1 N–H and O–H groups in total. The number of piperidine rings is 1. The van der Waals surface area contributed by atoms with Crippen molar-refractivity contribution in [1.82, 2.24) is 10.2 Å². The molecule has 1 heterocycles. The van der Waals surface area contributed by atoms with Crippen molar-refractivity contribution in [2.24, 2.45) is 0 Å². The number of ether oxygens (including phenoxy) is 1. The molecule has 1 aliphatic rings. The number of hydrogen-bond donors (Lipinski definition) is 1. The van der Waals surface area contributed by atoms with E-state index < -0.39 is 4.32 Å². The Labute approximate surface area is 116 Å². The fourth-order valence-corrected chi connectivity index (χ4v) is 1.89. The van der Waals surface area contributed by atoms with Crippen molar-refractivity contribution in [3.63, 3.8) is 0 Å². The van der Waals surface area contributed by atoms with Crippen molar-refractivity contribution in [1.29, 1.82) is 0 Å². The smallest absolute Gasteiger partial charge is 0.409 e. The zero-order valence-corrected chi connectivity index (χ0v) is 12.7. The summed E-state index contributed by atoms with van der Waals surface area (Å²) < 4.78 is 4.39. The molecule has 0 aromatic heterocycles. The number of carbonyl (C=O) groups excluding carboxylic acids is 2. The zero-order valence-electron chi connectivity index (χ0n) is 11.2. The Morgan fingerprint density at radius 3 is 2.39 bits per heavy atom. The lowest BCUT2D eigenvalue weighted by molar-refractivity contribution is -0.123. The maximum atomic E-state index is 11.8. The van der Waals surface area contributed by atoms with Crippen LogP contribution in [0.3, 0.4) is 0 Å². The number of rotatable bonds is 3. The first kappa shape index (κ1) is 15.3. The fourth-order valence-electron chi connectivity index (χ4n) is 1.78. The van der Waals surface area contributed by atoms with Crippen molar-refractivity contribution in [3.05, 3.63) is 0 Å². The van der Waals surface area contributed by atoms with Crippen LogP contribution >= 0.6 is 15.9 Å². The molecule has 2 amide bonds. The summed E-state index contributed by atoms with van der Waals surface area (Å²) in [7, 11) is 0. The van der Waals surface area contributed by atoms with E-state index in [0.29, 0.717) is 19.7 Å². The fraction of sp³-hybridized carbons (Fsp3) is 0.833. The third kappa shape index (κ3) is 4.48. The van der Waals surface area contributed by atoms with E-state index in [0.717, 1.165) is 12.8 Å². The summed E-state index contributed by atoms with van der Waals surface area (Å²) in [6.07, 6.45) is 1.28. The summed E-state index contributed by atoms with van der Waals surface area (Å²) in [6.45, 7) is 7.08. The molecular weight excluding hydrogens is 300 g/mol. The second-order valence-corrected chi connectivity index (χ2v) is 6.89. The molecule has 0 aromatic carbocycles. The van der Waals surface area contributed by atoms with Gasteiger partial charge < -0.3 is 15.0 Å². The quantitative estimate of drug-likeness (QED) is 0.808. The molecule has 0 bridgehead atoms. The van der Waals surface area contributed by atoms with Gasteiger partial charge in [0.25, 0.3) is 0 Å². The van der Waals surface area contributed by atoms with Gasteiger partial charge in [-0.1, -0.05) is 15.9 Å². The van der Waals surface area contributed by atoms with Gasteiger partial charge in [0.15, 0.2) is 0 Å². The Balaban J connectivity index is 2.36. The Kier molecular flexibility index (Phi) is 5.44. The number of amides is 2. The van der Waals surface area contributed by atoms with Gasteiger partial charge in [-0.15, -0.1) is 0 Å². The molecule has 0 spiro atoms. The van der Waals surface area contributed by atoms with Crippen LogP contribution in [0.4, 0.5) is 4.79 Å². The Bertz CT molecular complexity index is 307. The number of likely N-dealkylation sites (tertiary alicyclic amines) is 1. The molecule has 0 aromatic rings. The van der Waals surface area contributed by atoms with Gasteiger partial charge in [-0.2, -0.15) is 0 Å². The van der Waals surface area contributed by atoms with Gasteiger partial charge in [-0.3, -0.25) is 4.79 Å². The van der Waals surface area contributed by atoms with Crippen molar-refractivity contribution in [2.75, 3.05) is 19.7 Å². The van der Waals surface area contributed by atoms with Crippen LogP contribution in [0.15, 0.2) is 0 Å². The first-order chi connectivity index (χ1) is 8.34. The van der Waals surface area contributed by atoms with Crippen LogP contribution in [-0.4, -0.2) is 47.0 Å². The third-order valence-electron chi connectivity index (χ3n) is 2.90. The van der Waals surface area contributed by atoms with Crippen LogP contribution in [-0.2, 0) is 9.53 Å². The van der Waals surface area contributed by atoms with Gasteiger partial charge in [0.2, 0.25) is 5.91 Å². The largest absolute Gasteiger partial charge is 0.450 e. The summed E-state index contributed by atoms with van der Waals surface area (Å²) in [5.41, 5.74) is 0. The molecule has 1 saturated heterocycles. The van der Waals surface area contributed by atoms with Crippen LogP contribution in [0.5, 0.6) is 0 Å². The van der Waals surface area contributed by atoms with E-state index in [2.05, 4.69) is 21.2 Å². The normalized spacial score (nSPS) is 17.4. The molecule has 1 aliphatic heterocycles. The van der Waals surface area contributed by atoms with E-state index in [4.69, 9.17) is 4.74 Å². The van der Waals surface area contributed by atoms with Gasteiger partial charge >= 0.3 is 6.09 Å². The van der Waals surface area contributed by atoms with Gasteiger partial charge in [0, 0.05) is 19.1 Å². The van der Waals surface area contributed by atoms with Gasteiger partial charge in [0.1, 0.15) is 0 Å². The maximum Gasteiger partial charge on any atom is 0.409 e. The number of halogens is 1. The second kappa shape index (κ2) is 6.41. The van der Waals surface area contributed by atoms with Crippen LogP contribution in [0, 0.1) is 0 Å². The van der Waals surface area contributed by atoms with Crippen molar-refractivity contribution in [2.45, 2.75) is 44.0 Å². The topological polar surface area (TPSA) is 58.6 Å². The minimum Gasteiger partial charge on any atom is -0.450 e. The number of hydrogen-bond acceptors (Lipinski definition) is 3. The van der Waals surface area contributed by atoms with E-state index in [-0.39, 0.29) is 18.0 Å². The van der Waals surface area contributed by atoms with E-state index in [1.54, 1.807) is 11.8 Å². The van der Waals surface area contributed by atoms with E-state index in [9.17, 15) is 9.59 Å². The molecule has 18 heavy (non-hydrogen) atoms. The van der Waals surface area contributed by atoms with Crippen molar-refractivity contribution in [3.8, 4) is 0 Å². The lowest BCUT2D eigenvalue weighted by Crippen LogP contribution is -2.49. The number of nitrogens with zero attached hydrogens (tertiary/aromatic N) is 1. The summed E-state index contributed by atoms with van der Waals surface area (Å²) in [6, 6.07) is 0.139. The zero-order chi connectivity index (χ0) is 13.8. The predicted octanol–water partition coefficient (Wildman–Crippen LogP) is 1.90. The molecule has 0 saturated carbocycles. The highest BCUT2D eigenvalue weighted by molar-refractivity contribution is 9.10. The Morgan fingerprint density at radius 2 is 1.94 bits per heavy atom. The Hall–Kier alpha value is -0.780. The molecular formula is C12H21BrN2O3. The van der Waals surface area contributed by atoms with Gasteiger partial charge in [0.05, 0.1) is 10.9 Å². The van der Waals surface area contributed by atoms with Crippen LogP contribution in [0.2, 0.25) is 0 Å². The number of carbonyl (C=O) groups is 2. The minimum absolute atomic E-state index is 0.0166. The van der Waals surface area contributed by atoms with Crippen molar-refractivity contribution >= 4 is 27.9 Å². The second-order valence-electron chi connectivity index (χ2n) is 4.91. The van der Waals surface area contributed by atoms with Crippen LogP contribution < -0.4 is 5.32 Å². The van der Waals surface area contributed by atoms with Crippen LogP contribution in [0.1, 0.15) is 33.6 Å². The van der Waals surface area contributed by atoms with E-state index >= 15 is 0 Å².